The molecule has 6 heteroatoms. The number of rotatable bonds is 7. The van der Waals surface area contributed by atoms with Crippen molar-refractivity contribution >= 4 is 17.3 Å². The summed E-state index contributed by atoms with van der Waals surface area (Å²) in [5.41, 5.74) is 1.29. The van der Waals surface area contributed by atoms with Gasteiger partial charge in [-0.2, -0.15) is 0 Å². The Bertz CT molecular complexity index is 815. The highest BCUT2D eigenvalue weighted by Crippen LogP contribution is 2.23. The number of benzene rings is 2. The molecule has 0 spiro atoms. The Hall–Kier alpha value is -2.86. The SMILES string of the molecule is COc1ccc(OCCOC(=O)c2csc(-c3ccccc3)n2)cc1. The molecule has 3 rings (SSSR count). The smallest absolute Gasteiger partial charge is 0.357 e. The summed E-state index contributed by atoms with van der Waals surface area (Å²) in [5.74, 6) is 1.00. The Labute approximate surface area is 149 Å². The van der Waals surface area contributed by atoms with E-state index in [2.05, 4.69) is 4.98 Å². The standard InChI is InChI=1S/C19H17NO4S/c1-22-15-7-9-16(10-8-15)23-11-12-24-19(21)17-13-25-18(20-17)14-5-3-2-4-6-14/h2-10,13H,11-12H2,1H3. The second-order valence-corrected chi connectivity index (χ2v) is 5.92. The van der Waals surface area contributed by atoms with Crippen LogP contribution in [0.1, 0.15) is 10.5 Å². The minimum Gasteiger partial charge on any atom is -0.497 e. The Morgan fingerprint density at radius 2 is 1.72 bits per heavy atom. The summed E-state index contributed by atoms with van der Waals surface area (Å²) in [5, 5.41) is 2.50. The lowest BCUT2D eigenvalue weighted by molar-refractivity contribution is 0.0444. The van der Waals surface area contributed by atoms with E-state index >= 15 is 0 Å². The number of hydrogen-bond donors (Lipinski definition) is 0. The van der Waals surface area contributed by atoms with Crippen LogP contribution < -0.4 is 9.47 Å². The first-order chi connectivity index (χ1) is 12.3. The Kier molecular flexibility index (Phi) is 5.64. The molecule has 0 aliphatic rings. The summed E-state index contributed by atoms with van der Waals surface area (Å²) in [6, 6.07) is 16.9. The van der Waals surface area contributed by atoms with Crippen LogP contribution in [0.4, 0.5) is 0 Å². The lowest BCUT2D eigenvalue weighted by Gasteiger charge is -2.07. The van der Waals surface area contributed by atoms with Crippen molar-refractivity contribution in [1.82, 2.24) is 4.98 Å². The zero-order valence-electron chi connectivity index (χ0n) is 13.7. The molecule has 0 fully saturated rings. The van der Waals surface area contributed by atoms with E-state index in [9.17, 15) is 4.79 Å². The largest absolute Gasteiger partial charge is 0.497 e. The number of hydrogen-bond acceptors (Lipinski definition) is 6. The fraction of sp³-hybridized carbons (Fsp3) is 0.158. The number of nitrogens with zero attached hydrogens (tertiary/aromatic N) is 1. The topological polar surface area (TPSA) is 57.7 Å². The third kappa shape index (κ3) is 4.58. The van der Waals surface area contributed by atoms with Crippen molar-refractivity contribution in [3.05, 3.63) is 65.7 Å². The maximum absolute atomic E-state index is 12.0. The highest BCUT2D eigenvalue weighted by Gasteiger charge is 2.13. The summed E-state index contributed by atoms with van der Waals surface area (Å²) in [4.78, 5) is 16.4. The van der Waals surface area contributed by atoms with Crippen LogP contribution in [0, 0.1) is 0 Å². The van der Waals surface area contributed by atoms with Crippen LogP contribution in [0.2, 0.25) is 0 Å². The van der Waals surface area contributed by atoms with E-state index in [-0.39, 0.29) is 13.2 Å². The highest BCUT2D eigenvalue weighted by molar-refractivity contribution is 7.13. The molecule has 0 atom stereocenters. The second-order valence-electron chi connectivity index (χ2n) is 5.06. The van der Waals surface area contributed by atoms with E-state index < -0.39 is 5.97 Å². The summed E-state index contributed by atoms with van der Waals surface area (Å²) in [6.07, 6.45) is 0. The van der Waals surface area contributed by atoms with Gasteiger partial charge in [-0.25, -0.2) is 9.78 Å². The molecule has 0 aliphatic heterocycles. The molecular formula is C19H17NO4S. The number of thiazole rings is 1. The van der Waals surface area contributed by atoms with Crippen LogP contribution in [0.3, 0.4) is 0 Å². The maximum atomic E-state index is 12.0. The van der Waals surface area contributed by atoms with Crippen molar-refractivity contribution in [2.75, 3.05) is 20.3 Å². The molecule has 5 nitrogen and oxygen atoms in total. The molecule has 0 unspecified atom stereocenters. The minimum absolute atomic E-state index is 0.156. The molecule has 0 saturated carbocycles. The molecule has 3 aromatic rings. The lowest BCUT2D eigenvalue weighted by atomic mass is 10.2. The molecule has 0 radical (unpaired) electrons. The van der Waals surface area contributed by atoms with Gasteiger partial charge in [-0.05, 0) is 24.3 Å². The number of carbonyl (C=O) groups excluding carboxylic acids is 1. The van der Waals surface area contributed by atoms with Crippen LogP contribution in [0.25, 0.3) is 10.6 Å². The Balaban J connectivity index is 1.47. The van der Waals surface area contributed by atoms with Crippen LogP contribution in [0.5, 0.6) is 11.5 Å². The van der Waals surface area contributed by atoms with Gasteiger partial charge in [0, 0.05) is 10.9 Å². The van der Waals surface area contributed by atoms with Crippen LogP contribution in [0.15, 0.2) is 60.0 Å². The van der Waals surface area contributed by atoms with Crippen molar-refractivity contribution in [2.24, 2.45) is 0 Å². The van der Waals surface area contributed by atoms with E-state index in [1.54, 1.807) is 24.6 Å². The third-order valence-electron chi connectivity index (χ3n) is 3.38. The zero-order valence-corrected chi connectivity index (χ0v) is 14.5. The van der Waals surface area contributed by atoms with Crippen LogP contribution in [-0.4, -0.2) is 31.3 Å². The molecular weight excluding hydrogens is 338 g/mol. The molecule has 1 heterocycles. The number of carbonyl (C=O) groups is 1. The van der Waals surface area contributed by atoms with E-state index in [0.29, 0.717) is 11.4 Å². The quantitative estimate of drug-likeness (QED) is 0.473. The zero-order chi connectivity index (χ0) is 17.5. The summed E-state index contributed by atoms with van der Waals surface area (Å²) < 4.78 is 15.8. The van der Waals surface area contributed by atoms with Gasteiger partial charge in [0.05, 0.1) is 7.11 Å². The fourth-order valence-electron chi connectivity index (χ4n) is 2.12. The first kappa shape index (κ1) is 17.0. The number of esters is 1. The number of methoxy groups -OCH3 is 1. The maximum Gasteiger partial charge on any atom is 0.357 e. The first-order valence-electron chi connectivity index (χ1n) is 7.71. The van der Waals surface area contributed by atoms with Gasteiger partial charge in [0.25, 0.3) is 0 Å². The van der Waals surface area contributed by atoms with Gasteiger partial charge in [-0.3, -0.25) is 0 Å². The lowest BCUT2D eigenvalue weighted by Crippen LogP contribution is -2.12. The van der Waals surface area contributed by atoms with Crippen molar-refractivity contribution in [1.29, 1.82) is 0 Å². The fourth-order valence-corrected chi connectivity index (χ4v) is 2.92. The summed E-state index contributed by atoms with van der Waals surface area (Å²) in [7, 11) is 1.61. The summed E-state index contributed by atoms with van der Waals surface area (Å²) in [6.45, 7) is 0.427. The predicted octanol–water partition coefficient (Wildman–Crippen LogP) is 4.05. The average molecular weight is 355 g/mol. The molecule has 25 heavy (non-hydrogen) atoms. The monoisotopic (exact) mass is 355 g/mol. The normalized spacial score (nSPS) is 10.3. The third-order valence-corrected chi connectivity index (χ3v) is 4.27. The average Bonchev–Trinajstić information content (AvgIpc) is 3.16. The van der Waals surface area contributed by atoms with Crippen molar-refractivity contribution in [2.45, 2.75) is 0 Å². The summed E-state index contributed by atoms with van der Waals surface area (Å²) >= 11 is 1.42. The van der Waals surface area contributed by atoms with Gasteiger partial charge in [-0.15, -0.1) is 11.3 Å². The number of aromatic nitrogens is 1. The van der Waals surface area contributed by atoms with E-state index in [0.717, 1.165) is 16.3 Å². The van der Waals surface area contributed by atoms with Gasteiger partial charge < -0.3 is 14.2 Å². The molecule has 1 aromatic heterocycles. The van der Waals surface area contributed by atoms with Gasteiger partial charge in [-0.1, -0.05) is 30.3 Å². The van der Waals surface area contributed by atoms with Crippen LogP contribution in [-0.2, 0) is 4.74 Å². The Morgan fingerprint density at radius 3 is 2.44 bits per heavy atom. The molecule has 0 bridgehead atoms. The molecule has 0 N–H and O–H groups in total. The van der Waals surface area contributed by atoms with Gasteiger partial charge in [0.2, 0.25) is 0 Å². The molecule has 0 saturated heterocycles. The molecule has 0 aliphatic carbocycles. The van der Waals surface area contributed by atoms with Crippen molar-refractivity contribution in [3.63, 3.8) is 0 Å². The van der Waals surface area contributed by atoms with Gasteiger partial charge >= 0.3 is 5.97 Å². The van der Waals surface area contributed by atoms with Gasteiger partial charge in [0.15, 0.2) is 5.69 Å². The van der Waals surface area contributed by atoms with E-state index in [1.807, 2.05) is 42.5 Å². The molecule has 2 aromatic carbocycles. The molecule has 0 amide bonds. The Morgan fingerprint density at radius 1 is 1.00 bits per heavy atom. The first-order valence-corrected chi connectivity index (χ1v) is 8.59. The molecule has 128 valence electrons. The van der Waals surface area contributed by atoms with E-state index in [1.165, 1.54) is 11.3 Å². The van der Waals surface area contributed by atoms with Crippen LogP contribution >= 0.6 is 11.3 Å². The van der Waals surface area contributed by atoms with E-state index in [4.69, 9.17) is 14.2 Å². The minimum atomic E-state index is -0.447. The second kappa shape index (κ2) is 8.30. The van der Waals surface area contributed by atoms with Crippen molar-refractivity contribution < 1.29 is 19.0 Å². The number of ether oxygens (including phenoxy) is 3. The highest BCUT2D eigenvalue weighted by atomic mass is 32.1. The van der Waals surface area contributed by atoms with Crippen molar-refractivity contribution in [3.8, 4) is 22.1 Å². The van der Waals surface area contributed by atoms with Gasteiger partial charge in [0.1, 0.15) is 29.7 Å². The predicted molar refractivity (Wildman–Crippen MR) is 96.3 cm³/mol.